The van der Waals surface area contributed by atoms with Gasteiger partial charge in [0, 0.05) is 6.54 Å². The molecule has 0 saturated heterocycles. The van der Waals surface area contributed by atoms with E-state index in [2.05, 4.69) is 11.4 Å². The molecule has 5 heteroatoms. The van der Waals surface area contributed by atoms with Crippen LogP contribution in [0.25, 0.3) is 0 Å². The van der Waals surface area contributed by atoms with E-state index in [-0.39, 0.29) is 5.91 Å². The zero-order valence-electron chi connectivity index (χ0n) is 16.2. The highest BCUT2D eigenvalue weighted by molar-refractivity contribution is 5.80. The molecule has 0 heterocycles. The first-order valence-corrected chi connectivity index (χ1v) is 9.35. The Hall–Kier alpha value is -3.78. The Morgan fingerprint density at radius 2 is 1.62 bits per heavy atom. The zero-order valence-corrected chi connectivity index (χ0v) is 16.2. The van der Waals surface area contributed by atoms with Crippen LogP contribution in [0.5, 0.6) is 11.5 Å². The predicted molar refractivity (Wildman–Crippen MR) is 110 cm³/mol. The molecule has 0 saturated carbocycles. The Balaban J connectivity index is 1.47. The molecule has 146 valence electrons. The van der Waals surface area contributed by atoms with E-state index in [1.165, 1.54) is 0 Å². The normalized spacial score (nSPS) is 11.2. The van der Waals surface area contributed by atoms with Crippen molar-refractivity contribution in [3.05, 3.63) is 95.6 Å². The van der Waals surface area contributed by atoms with E-state index < -0.39 is 6.10 Å². The topological polar surface area (TPSA) is 71.3 Å². The van der Waals surface area contributed by atoms with Crippen LogP contribution in [-0.4, -0.2) is 12.0 Å². The lowest BCUT2D eigenvalue weighted by molar-refractivity contribution is -0.127. The van der Waals surface area contributed by atoms with Gasteiger partial charge < -0.3 is 14.8 Å². The fourth-order valence-electron chi connectivity index (χ4n) is 2.68. The van der Waals surface area contributed by atoms with Crippen LogP contribution in [0.15, 0.2) is 78.9 Å². The summed E-state index contributed by atoms with van der Waals surface area (Å²) < 4.78 is 11.4. The third-order valence-electron chi connectivity index (χ3n) is 4.32. The number of ether oxygens (including phenoxy) is 2. The standard InChI is InChI=1S/C24H22N2O3/c1-18(29-23-10-6-5-7-21(23)15-25)24(27)26-16-19-11-13-20(14-12-19)17-28-22-8-3-2-4-9-22/h2-14,18H,16-17H2,1H3,(H,26,27). The second kappa shape index (κ2) is 9.95. The molecule has 1 amide bonds. The quantitative estimate of drug-likeness (QED) is 0.629. The summed E-state index contributed by atoms with van der Waals surface area (Å²) >= 11 is 0. The Bertz CT molecular complexity index is 979. The predicted octanol–water partition coefficient (Wildman–Crippen LogP) is 4.22. The maximum atomic E-state index is 12.3. The number of para-hydroxylation sites is 2. The first-order chi connectivity index (χ1) is 14.2. The highest BCUT2D eigenvalue weighted by Gasteiger charge is 2.16. The van der Waals surface area contributed by atoms with Crippen LogP contribution in [0.3, 0.4) is 0 Å². The summed E-state index contributed by atoms with van der Waals surface area (Å²) in [4.78, 5) is 12.3. The number of benzene rings is 3. The molecule has 0 aliphatic rings. The van der Waals surface area contributed by atoms with Gasteiger partial charge in [-0.2, -0.15) is 5.26 Å². The summed E-state index contributed by atoms with van der Waals surface area (Å²) in [6, 6.07) is 26.4. The van der Waals surface area contributed by atoms with Crippen molar-refractivity contribution in [1.29, 1.82) is 5.26 Å². The Labute approximate surface area is 170 Å². The third-order valence-corrected chi connectivity index (χ3v) is 4.32. The van der Waals surface area contributed by atoms with Crippen LogP contribution in [-0.2, 0) is 17.9 Å². The smallest absolute Gasteiger partial charge is 0.261 e. The van der Waals surface area contributed by atoms with Crippen molar-refractivity contribution >= 4 is 5.91 Å². The van der Waals surface area contributed by atoms with Crippen LogP contribution in [0, 0.1) is 11.3 Å². The van der Waals surface area contributed by atoms with Crippen molar-refractivity contribution in [2.45, 2.75) is 26.2 Å². The van der Waals surface area contributed by atoms with Gasteiger partial charge in [-0.1, -0.05) is 54.6 Å². The Morgan fingerprint density at radius 3 is 2.34 bits per heavy atom. The molecule has 1 unspecified atom stereocenters. The molecular weight excluding hydrogens is 364 g/mol. The molecule has 29 heavy (non-hydrogen) atoms. The Kier molecular flexibility index (Phi) is 6.85. The first kappa shape index (κ1) is 20.0. The number of rotatable bonds is 8. The van der Waals surface area contributed by atoms with Crippen molar-refractivity contribution in [1.82, 2.24) is 5.32 Å². The number of amides is 1. The lowest BCUT2D eigenvalue weighted by atomic mass is 10.1. The molecule has 3 aromatic carbocycles. The molecule has 0 fully saturated rings. The summed E-state index contributed by atoms with van der Waals surface area (Å²) in [6.45, 7) is 2.54. The minimum Gasteiger partial charge on any atom is -0.489 e. The molecule has 0 spiro atoms. The second-order valence-electron chi connectivity index (χ2n) is 6.50. The van der Waals surface area contributed by atoms with Crippen molar-refractivity contribution in [3.63, 3.8) is 0 Å². The molecule has 0 aliphatic carbocycles. The SMILES string of the molecule is CC(Oc1ccccc1C#N)C(=O)NCc1ccc(COc2ccccc2)cc1. The molecular formula is C24H22N2O3. The van der Waals surface area contributed by atoms with Gasteiger partial charge >= 0.3 is 0 Å². The fourth-order valence-corrected chi connectivity index (χ4v) is 2.68. The van der Waals surface area contributed by atoms with Crippen LogP contribution in [0.2, 0.25) is 0 Å². The van der Waals surface area contributed by atoms with E-state index in [1.807, 2.05) is 54.6 Å². The van der Waals surface area contributed by atoms with Gasteiger partial charge in [0.15, 0.2) is 6.10 Å². The number of hydrogen-bond donors (Lipinski definition) is 1. The summed E-state index contributed by atoms with van der Waals surface area (Å²) in [5.74, 6) is 0.991. The lowest BCUT2D eigenvalue weighted by Crippen LogP contribution is -2.36. The first-order valence-electron chi connectivity index (χ1n) is 9.35. The number of nitrogens with zero attached hydrogens (tertiary/aromatic N) is 1. The number of carbonyl (C=O) groups excluding carboxylic acids is 1. The van der Waals surface area contributed by atoms with E-state index in [4.69, 9.17) is 14.7 Å². The van der Waals surface area contributed by atoms with Gasteiger partial charge in [0.2, 0.25) is 0 Å². The van der Waals surface area contributed by atoms with Gasteiger partial charge in [0.25, 0.3) is 5.91 Å². The van der Waals surface area contributed by atoms with Crippen LogP contribution < -0.4 is 14.8 Å². The van der Waals surface area contributed by atoms with Crippen molar-refractivity contribution in [3.8, 4) is 17.6 Å². The summed E-state index contributed by atoms with van der Waals surface area (Å²) in [5, 5.41) is 12.0. The number of carbonyl (C=O) groups is 1. The molecule has 3 aromatic rings. The number of nitrogens with one attached hydrogen (secondary N) is 1. The van der Waals surface area contributed by atoms with E-state index in [0.29, 0.717) is 24.5 Å². The van der Waals surface area contributed by atoms with Crippen LogP contribution in [0.4, 0.5) is 0 Å². The van der Waals surface area contributed by atoms with Crippen LogP contribution in [0.1, 0.15) is 23.6 Å². The molecule has 5 nitrogen and oxygen atoms in total. The molecule has 3 rings (SSSR count). The Morgan fingerprint density at radius 1 is 0.966 bits per heavy atom. The van der Waals surface area contributed by atoms with Gasteiger partial charge in [-0.05, 0) is 42.3 Å². The van der Waals surface area contributed by atoms with Crippen molar-refractivity contribution in [2.24, 2.45) is 0 Å². The zero-order chi connectivity index (χ0) is 20.5. The van der Waals surface area contributed by atoms with Gasteiger partial charge in [-0.25, -0.2) is 0 Å². The average Bonchev–Trinajstić information content (AvgIpc) is 2.77. The largest absolute Gasteiger partial charge is 0.489 e. The summed E-state index contributed by atoms with van der Waals surface area (Å²) in [5.41, 5.74) is 2.43. The maximum Gasteiger partial charge on any atom is 0.261 e. The average molecular weight is 386 g/mol. The van der Waals surface area contributed by atoms with E-state index in [0.717, 1.165) is 16.9 Å². The van der Waals surface area contributed by atoms with Crippen LogP contribution >= 0.6 is 0 Å². The minimum absolute atomic E-state index is 0.241. The minimum atomic E-state index is -0.706. The monoisotopic (exact) mass is 386 g/mol. The number of nitriles is 1. The van der Waals surface area contributed by atoms with Gasteiger partial charge in [0.1, 0.15) is 24.2 Å². The highest BCUT2D eigenvalue weighted by atomic mass is 16.5. The molecule has 1 atom stereocenters. The van der Waals surface area contributed by atoms with E-state index >= 15 is 0 Å². The summed E-state index contributed by atoms with van der Waals surface area (Å²) in [6.07, 6.45) is -0.706. The number of hydrogen-bond acceptors (Lipinski definition) is 4. The molecule has 1 N–H and O–H groups in total. The fraction of sp³-hybridized carbons (Fsp3) is 0.167. The molecule has 0 radical (unpaired) electrons. The van der Waals surface area contributed by atoms with Crippen molar-refractivity contribution in [2.75, 3.05) is 0 Å². The van der Waals surface area contributed by atoms with Crippen molar-refractivity contribution < 1.29 is 14.3 Å². The maximum absolute atomic E-state index is 12.3. The van der Waals surface area contributed by atoms with E-state index in [1.54, 1.807) is 31.2 Å². The lowest BCUT2D eigenvalue weighted by Gasteiger charge is -2.15. The molecule has 0 aromatic heterocycles. The van der Waals surface area contributed by atoms with Gasteiger partial charge in [0.05, 0.1) is 5.56 Å². The molecule has 0 bridgehead atoms. The molecule has 0 aliphatic heterocycles. The second-order valence-corrected chi connectivity index (χ2v) is 6.50. The van der Waals surface area contributed by atoms with Gasteiger partial charge in [-0.15, -0.1) is 0 Å². The highest BCUT2D eigenvalue weighted by Crippen LogP contribution is 2.18. The van der Waals surface area contributed by atoms with E-state index in [9.17, 15) is 4.79 Å². The third kappa shape index (κ3) is 5.85. The summed E-state index contributed by atoms with van der Waals surface area (Å²) in [7, 11) is 0. The van der Waals surface area contributed by atoms with Gasteiger partial charge in [-0.3, -0.25) is 4.79 Å².